The lowest BCUT2D eigenvalue weighted by Gasteiger charge is -2.34. The summed E-state index contributed by atoms with van der Waals surface area (Å²) in [6.07, 6.45) is 6.15. The number of aliphatic hydroxyl groups excluding tert-OH is 1. The maximum absolute atomic E-state index is 10.1. The number of fused-ring (bicyclic) bond motifs is 1. The second-order valence-electron chi connectivity index (χ2n) is 9.31. The second kappa shape index (κ2) is 9.59. The number of hydrogen-bond acceptors (Lipinski definition) is 8. The fraction of sp³-hybridized carbons (Fsp3) is 0.480. The Bertz CT molecular complexity index is 1080. The molecule has 0 bridgehead atoms. The smallest absolute Gasteiger partial charge is 0.216 e. The van der Waals surface area contributed by atoms with E-state index in [0.717, 1.165) is 66.9 Å². The van der Waals surface area contributed by atoms with Crippen molar-refractivity contribution in [3.63, 3.8) is 0 Å². The molecule has 8 heteroatoms. The molecule has 3 aromatic rings. The van der Waals surface area contributed by atoms with Gasteiger partial charge in [-0.15, -0.1) is 0 Å². The van der Waals surface area contributed by atoms with Crippen LogP contribution in [0.2, 0.25) is 0 Å². The summed E-state index contributed by atoms with van der Waals surface area (Å²) in [6, 6.07) is 9.72. The number of nitrogens with zero attached hydrogens (tertiary/aromatic N) is 5. The van der Waals surface area contributed by atoms with Crippen LogP contribution >= 0.6 is 0 Å². The summed E-state index contributed by atoms with van der Waals surface area (Å²) in [5.41, 5.74) is 8.53. The van der Waals surface area contributed by atoms with E-state index < -0.39 is 6.10 Å². The Balaban J connectivity index is 1.37. The summed E-state index contributed by atoms with van der Waals surface area (Å²) in [5, 5.41) is 11.1. The van der Waals surface area contributed by atoms with Crippen LogP contribution in [-0.4, -0.2) is 76.9 Å². The normalized spacial score (nSPS) is 22.6. The molecular formula is C25H32N6O2. The second-order valence-corrected chi connectivity index (χ2v) is 9.31. The molecular weight excluding hydrogens is 416 g/mol. The van der Waals surface area contributed by atoms with Crippen LogP contribution < -0.4 is 15.4 Å². The summed E-state index contributed by atoms with van der Waals surface area (Å²) >= 11 is 0. The van der Waals surface area contributed by atoms with Crippen molar-refractivity contribution in [2.75, 3.05) is 44.7 Å². The van der Waals surface area contributed by atoms with E-state index in [4.69, 9.17) is 15.5 Å². The number of ether oxygens (including phenoxy) is 1. The van der Waals surface area contributed by atoms with Crippen LogP contribution in [0.1, 0.15) is 19.3 Å². The van der Waals surface area contributed by atoms with Crippen LogP contribution in [0.3, 0.4) is 0 Å². The van der Waals surface area contributed by atoms with Gasteiger partial charge in [-0.1, -0.05) is 0 Å². The monoisotopic (exact) mass is 448 g/mol. The Morgan fingerprint density at radius 3 is 2.73 bits per heavy atom. The molecule has 0 aromatic carbocycles. The largest absolute Gasteiger partial charge is 0.477 e. The predicted octanol–water partition coefficient (Wildman–Crippen LogP) is 2.31. The van der Waals surface area contributed by atoms with E-state index in [2.05, 4.69) is 26.8 Å². The third-order valence-electron chi connectivity index (χ3n) is 6.86. The van der Waals surface area contributed by atoms with Crippen molar-refractivity contribution < 1.29 is 9.84 Å². The number of hydrogen-bond donors (Lipinski definition) is 2. The third-order valence-corrected chi connectivity index (χ3v) is 6.86. The van der Waals surface area contributed by atoms with E-state index >= 15 is 0 Å². The minimum atomic E-state index is -0.532. The van der Waals surface area contributed by atoms with Gasteiger partial charge < -0.3 is 25.4 Å². The van der Waals surface area contributed by atoms with Gasteiger partial charge in [0.15, 0.2) is 0 Å². The van der Waals surface area contributed by atoms with Crippen LogP contribution in [0, 0.1) is 5.92 Å². The highest BCUT2D eigenvalue weighted by atomic mass is 16.5. The first kappa shape index (κ1) is 22.0. The molecule has 0 unspecified atom stereocenters. The third kappa shape index (κ3) is 4.93. The average molecular weight is 449 g/mol. The van der Waals surface area contributed by atoms with Gasteiger partial charge >= 0.3 is 0 Å². The summed E-state index contributed by atoms with van der Waals surface area (Å²) < 4.78 is 6.15. The lowest BCUT2D eigenvalue weighted by Crippen LogP contribution is -2.50. The number of rotatable bonds is 5. The van der Waals surface area contributed by atoms with Crippen molar-refractivity contribution in [2.45, 2.75) is 31.4 Å². The molecule has 2 fully saturated rings. The molecule has 0 radical (unpaired) electrons. The van der Waals surface area contributed by atoms with Crippen LogP contribution in [-0.2, 0) is 0 Å². The SMILES string of the molecule is CN1CCC(COc2cc3ncccc3c(-c3ccc(N4CC[C@H](N)[C@@H](O)C4)nc3)n2)CC1. The molecule has 0 amide bonds. The van der Waals surface area contributed by atoms with Gasteiger partial charge in [0.2, 0.25) is 5.88 Å². The van der Waals surface area contributed by atoms with E-state index in [1.165, 1.54) is 0 Å². The van der Waals surface area contributed by atoms with Crippen LogP contribution in [0.4, 0.5) is 5.82 Å². The quantitative estimate of drug-likeness (QED) is 0.613. The number of aliphatic hydroxyl groups is 1. The predicted molar refractivity (Wildman–Crippen MR) is 129 cm³/mol. The fourth-order valence-electron chi connectivity index (χ4n) is 4.65. The minimum absolute atomic E-state index is 0.166. The fourth-order valence-corrected chi connectivity index (χ4v) is 4.65. The molecule has 2 saturated heterocycles. The van der Waals surface area contributed by atoms with Crippen molar-refractivity contribution in [1.29, 1.82) is 0 Å². The molecule has 2 aliphatic rings. The molecule has 174 valence electrons. The van der Waals surface area contributed by atoms with Crippen molar-refractivity contribution in [3.05, 3.63) is 42.7 Å². The maximum atomic E-state index is 10.1. The minimum Gasteiger partial charge on any atom is -0.477 e. The lowest BCUT2D eigenvalue weighted by molar-refractivity contribution is 0.131. The Morgan fingerprint density at radius 2 is 1.97 bits per heavy atom. The Labute approximate surface area is 194 Å². The van der Waals surface area contributed by atoms with E-state index in [9.17, 15) is 5.11 Å². The molecule has 0 aliphatic carbocycles. The zero-order chi connectivity index (χ0) is 22.8. The van der Waals surface area contributed by atoms with Gasteiger partial charge in [-0.25, -0.2) is 9.97 Å². The van der Waals surface area contributed by atoms with Gasteiger partial charge in [0, 0.05) is 48.5 Å². The highest BCUT2D eigenvalue weighted by molar-refractivity contribution is 5.92. The molecule has 33 heavy (non-hydrogen) atoms. The number of nitrogens with two attached hydrogens (primary N) is 1. The van der Waals surface area contributed by atoms with Gasteiger partial charge in [0.25, 0.3) is 0 Å². The first-order valence-electron chi connectivity index (χ1n) is 11.8. The first-order chi connectivity index (χ1) is 16.1. The number of likely N-dealkylation sites (tertiary alicyclic amines) is 1. The Kier molecular flexibility index (Phi) is 6.39. The number of β-amino-alcohol motifs (C(OH)–C–C–N with tert-alkyl or cyclic N) is 1. The van der Waals surface area contributed by atoms with E-state index in [0.29, 0.717) is 24.9 Å². The molecule has 0 spiro atoms. The average Bonchev–Trinajstić information content (AvgIpc) is 2.85. The molecule has 5 heterocycles. The van der Waals surface area contributed by atoms with Gasteiger partial charge in [0.1, 0.15) is 5.82 Å². The lowest BCUT2D eigenvalue weighted by atomic mass is 9.98. The van der Waals surface area contributed by atoms with Crippen LogP contribution in [0.15, 0.2) is 42.7 Å². The Hall–Kier alpha value is -2.81. The standard InChI is InChI=1S/C25H32N6O2/c1-30-10-6-17(7-11-30)16-33-24-13-21-19(3-2-9-27-21)25(29-24)18-4-5-23(28-14-18)31-12-8-20(26)22(32)15-31/h2-5,9,13-14,17,20,22,32H,6-8,10-12,15-16,26H2,1H3/t20-,22-/m0/s1. The van der Waals surface area contributed by atoms with Crippen molar-refractivity contribution in [1.82, 2.24) is 19.9 Å². The summed E-state index contributed by atoms with van der Waals surface area (Å²) in [4.78, 5) is 18.5. The molecule has 0 saturated carbocycles. The van der Waals surface area contributed by atoms with Gasteiger partial charge in [-0.05, 0) is 69.6 Å². The Morgan fingerprint density at radius 1 is 1.12 bits per heavy atom. The number of piperidine rings is 2. The molecule has 2 atom stereocenters. The van der Waals surface area contributed by atoms with Crippen LogP contribution in [0.5, 0.6) is 5.88 Å². The maximum Gasteiger partial charge on any atom is 0.216 e. The van der Waals surface area contributed by atoms with E-state index in [1.54, 1.807) is 6.20 Å². The van der Waals surface area contributed by atoms with Crippen LogP contribution in [0.25, 0.3) is 22.2 Å². The van der Waals surface area contributed by atoms with Crippen molar-refractivity contribution in [2.24, 2.45) is 11.7 Å². The highest BCUT2D eigenvalue weighted by Gasteiger charge is 2.25. The zero-order valence-corrected chi connectivity index (χ0v) is 19.1. The topological polar surface area (TPSA) is 101 Å². The molecule has 3 N–H and O–H groups in total. The number of anilines is 1. The van der Waals surface area contributed by atoms with E-state index in [1.807, 2.05) is 36.5 Å². The number of pyridine rings is 3. The molecule has 3 aromatic heterocycles. The molecule has 5 rings (SSSR count). The summed E-state index contributed by atoms with van der Waals surface area (Å²) in [5.74, 6) is 1.99. The molecule has 2 aliphatic heterocycles. The van der Waals surface area contributed by atoms with Crippen molar-refractivity contribution in [3.8, 4) is 17.1 Å². The van der Waals surface area contributed by atoms with Gasteiger partial charge in [-0.3, -0.25) is 4.98 Å². The zero-order valence-electron chi connectivity index (χ0n) is 19.1. The van der Waals surface area contributed by atoms with Gasteiger partial charge in [-0.2, -0.15) is 0 Å². The van der Waals surface area contributed by atoms with Crippen molar-refractivity contribution >= 4 is 16.7 Å². The molecule has 8 nitrogen and oxygen atoms in total. The van der Waals surface area contributed by atoms with E-state index in [-0.39, 0.29) is 6.04 Å². The first-order valence-corrected chi connectivity index (χ1v) is 11.8. The summed E-state index contributed by atoms with van der Waals surface area (Å²) in [6.45, 7) is 4.19. The summed E-state index contributed by atoms with van der Waals surface area (Å²) in [7, 11) is 2.17. The van der Waals surface area contributed by atoms with Gasteiger partial charge in [0.05, 0.1) is 23.9 Å². The highest BCUT2D eigenvalue weighted by Crippen LogP contribution is 2.30. The number of aromatic nitrogens is 3.